The Morgan fingerprint density at radius 2 is 1.84 bits per heavy atom. The summed E-state index contributed by atoms with van der Waals surface area (Å²) in [5, 5.41) is 13.2. The van der Waals surface area contributed by atoms with Crippen molar-refractivity contribution < 1.29 is 9.50 Å². The van der Waals surface area contributed by atoms with Crippen LogP contribution in [0, 0.1) is 13.8 Å². The number of phenols is 1. The van der Waals surface area contributed by atoms with E-state index in [-0.39, 0.29) is 12.7 Å². The number of hydrogen-bond acceptors (Lipinski definition) is 3. The largest absolute Gasteiger partial charge is 0.507 e. The highest BCUT2D eigenvalue weighted by molar-refractivity contribution is 5.43. The molecule has 0 bridgehead atoms. The lowest BCUT2D eigenvalue weighted by Gasteiger charge is -2.35. The third-order valence-electron chi connectivity index (χ3n) is 3.87. The van der Waals surface area contributed by atoms with E-state index in [9.17, 15) is 9.50 Å². The molecule has 3 nitrogen and oxygen atoms in total. The minimum Gasteiger partial charge on any atom is -0.507 e. The third-order valence-corrected chi connectivity index (χ3v) is 3.87. The fourth-order valence-electron chi connectivity index (χ4n) is 2.84. The summed E-state index contributed by atoms with van der Waals surface area (Å²) < 4.78 is 12.9. The van der Waals surface area contributed by atoms with E-state index in [4.69, 9.17) is 0 Å². The molecule has 1 saturated heterocycles. The van der Waals surface area contributed by atoms with Gasteiger partial charge in [0.05, 0.1) is 6.67 Å². The zero-order chi connectivity index (χ0) is 13.8. The summed E-state index contributed by atoms with van der Waals surface area (Å²) in [5.41, 5.74) is 2.86. The maximum Gasteiger partial charge on any atom is 0.121 e. The second-order valence-electron chi connectivity index (χ2n) is 5.28. The zero-order valence-electron chi connectivity index (χ0n) is 11.7. The number of benzene rings is 1. The van der Waals surface area contributed by atoms with Gasteiger partial charge in [-0.15, -0.1) is 0 Å². The molecule has 106 valence electrons. The predicted octanol–water partition coefficient (Wildman–Crippen LogP) is 2.31. The molecule has 4 heteroatoms. The van der Waals surface area contributed by atoms with Crippen molar-refractivity contribution >= 4 is 0 Å². The van der Waals surface area contributed by atoms with Crippen LogP contribution in [0.4, 0.5) is 4.39 Å². The first kappa shape index (κ1) is 14.3. The maximum absolute atomic E-state index is 12.9. The number of phenolic OH excluding ortho intramolecular Hbond substituents is 1. The fraction of sp³-hybridized carbons (Fsp3) is 0.600. The Hall–Kier alpha value is -1.13. The van der Waals surface area contributed by atoms with Gasteiger partial charge in [-0.3, -0.25) is 9.29 Å². The molecule has 2 rings (SSSR count). The number of aromatic hydroxyl groups is 1. The van der Waals surface area contributed by atoms with Crippen LogP contribution in [-0.2, 0) is 0 Å². The van der Waals surface area contributed by atoms with Crippen LogP contribution in [0.15, 0.2) is 12.1 Å². The fourth-order valence-corrected chi connectivity index (χ4v) is 2.84. The van der Waals surface area contributed by atoms with Crippen molar-refractivity contribution in [1.82, 2.24) is 10.2 Å². The molecule has 19 heavy (non-hydrogen) atoms. The summed E-state index contributed by atoms with van der Waals surface area (Å²) in [6, 6.07) is 4.10. The summed E-state index contributed by atoms with van der Waals surface area (Å²) >= 11 is 0. The third kappa shape index (κ3) is 3.25. The van der Waals surface area contributed by atoms with Gasteiger partial charge in [0.15, 0.2) is 0 Å². The van der Waals surface area contributed by atoms with Gasteiger partial charge in [-0.2, -0.15) is 0 Å². The van der Waals surface area contributed by atoms with Crippen LogP contribution in [0.2, 0.25) is 0 Å². The van der Waals surface area contributed by atoms with Crippen LogP contribution in [0.3, 0.4) is 0 Å². The Bertz CT molecular complexity index is 407. The van der Waals surface area contributed by atoms with Crippen molar-refractivity contribution in [2.45, 2.75) is 26.3 Å². The Balaban J connectivity index is 2.27. The highest BCUT2D eigenvalue weighted by Crippen LogP contribution is 2.31. The summed E-state index contributed by atoms with van der Waals surface area (Å²) in [4.78, 5) is 2.33. The number of halogens is 1. The number of aryl methyl sites for hydroxylation is 2. The normalized spacial score (nSPS) is 18.5. The summed E-state index contributed by atoms with van der Waals surface area (Å²) in [5.74, 6) is 0.350. The van der Waals surface area contributed by atoms with E-state index >= 15 is 0 Å². The first-order chi connectivity index (χ1) is 9.13. The molecule has 1 aromatic rings. The van der Waals surface area contributed by atoms with E-state index in [1.54, 1.807) is 0 Å². The minimum atomic E-state index is -0.312. The molecule has 1 aromatic carbocycles. The van der Waals surface area contributed by atoms with Crippen molar-refractivity contribution in [3.05, 3.63) is 28.8 Å². The molecule has 0 saturated carbocycles. The van der Waals surface area contributed by atoms with Crippen molar-refractivity contribution in [2.24, 2.45) is 0 Å². The van der Waals surface area contributed by atoms with Crippen LogP contribution in [0.1, 0.15) is 29.2 Å². The van der Waals surface area contributed by atoms with Gasteiger partial charge < -0.3 is 10.4 Å². The SMILES string of the molecule is Cc1cc([C@H](CCF)N2CCNCC2)cc(C)c1O. The van der Waals surface area contributed by atoms with E-state index in [1.807, 2.05) is 26.0 Å². The molecule has 0 aliphatic carbocycles. The molecule has 1 aliphatic heterocycles. The second-order valence-corrected chi connectivity index (χ2v) is 5.28. The van der Waals surface area contributed by atoms with Crippen molar-refractivity contribution in [2.75, 3.05) is 32.9 Å². The van der Waals surface area contributed by atoms with Crippen LogP contribution >= 0.6 is 0 Å². The van der Waals surface area contributed by atoms with Gasteiger partial charge in [0.2, 0.25) is 0 Å². The molecule has 1 heterocycles. The van der Waals surface area contributed by atoms with E-state index in [0.717, 1.165) is 42.9 Å². The van der Waals surface area contributed by atoms with Gasteiger partial charge in [0.1, 0.15) is 5.75 Å². The second kappa shape index (κ2) is 6.35. The first-order valence-corrected chi connectivity index (χ1v) is 6.94. The number of alkyl halides is 1. The van der Waals surface area contributed by atoms with Gasteiger partial charge in [-0.1, -0.05) is 12.1 Å². The van der Waals surface area contributed by atoms with Gasteiger partial charge in [0.25, 0.3) is 0 Å². The van der Waals surface area contributed by atoms with E-state index in [0.29, 0.717) is 12.2 Å². The standard InChI is InChI=1S/C15H23FN2O/c1-11-9-13(10-12(2)15(11)19)14(3-4-16)18-7-5-17-6-8-18/h9-10,14,17,19H,3-8H2,1-2H3/t14-/m0/s1. The van der Waals surface area contributed by atoms with E-state index < -0.39 is 0 Å². The lowest BCUT2D eigenvalue weighted by Crippen LogP contribution is -2.45. The first-order valence-electron chi connectivity index (χ1n) is 6.94. The zero-order valence-corrected chi connectivity index (χ0v) is 11.7. The van der Waals surface area contributed by atoms with Gasteiger partial charge in [-0.25, -0.2) is 0 Å². The number of nitrogens with one attached hydrogen (secondary N) is 1. The van der Waals surface area contributed by atoms with Crippen molar-refractivity contribution in [1.29, 1.82) is 0 Å². The van der Waals surface area contributed by atoms with Crippen LogP contribution < -0.4 is 5.32 Å². The summed E-state index contributed by atoms with van der Waals surface area (Å²) in [6.07, 6.45) is 0.518. The highest BCUT2D eigenvalue weighted by atomic mass is 19.1. The van der Waals surface area contributed by atoms with Gasteiger partial charge >= 0.3 is 0 Å². The molecular weight excluding hydrogens is 243 g/mol. The maximum atomic E-state index is 12.9. The van der Waals surface area contributed by atoms with Gasteiger partial charge in [0, 0.05) is 32.2 Å². The smallest absolute Gasteiger partial charge is 0.121 e. The molecule has 0 amide bonds. The van der Waals surface area contributed by atoms with E-state index in [2.05, 4.69) is 10.2 Å². The van der Waals surface area contributed by atoms with Crippen LogP contribution in [-0.4, -0.2) is 42.9 Å². The number of nitrogens with zero attached hydrogens (tertiary/aromatic N) is 1. The number of piperazine rings is 1. The Morgan fingerprint density at radius 3 is 2.37 bits per heavy atom. The Kier molecular flexibility index (Phi) is 4.77. The molecular formula is C15H23FN2O. The highest BCUT2D eigenvalue weighted by Gasteiger charge is 2.22. The Labute approximate surface area is 114 Å². The average Bonchev–Trinajstić information content (AvgIpc) is 2.42. The Morgan fingerprint density at radius 1 is 1.26 bits per heavy atom. The van der Waals surface area contributed by atoms with Crippen LogP contribution in [0.5, 0.6) is 5.75 Å². The van der Waals surface area contributed by atoms with Crippen molar-refractivity contribution in [3.8, 4) is 5.75 Å². The molecule has 0 aromatic heterocycles. The van der Waals surface area contributed by atoms with Crippen molar-refractivity contribution in [3.63, 3.8) is 0 Å². The molecule has 0 spiro atoms. The quantitative estimate of drug-likeness (QED) is 0.878. The number of rotatable bonds is 4. The molecule has 2 N–H and O–H groups in total. The lowest BCUT2D eigenvalue weighted by atomic mass is 9.97. The van der Waals surface area contributed by atoms with Gasteiger partial charge in [-0.05, 0) is 37.0 Å². The number of hydrogen-bond donors (Lipinski definition) is 2. The summed E-state index contributed by atoms with van der Waals surface area (Å²) in [7, 11) is 0. The average molecular weight is 266 g/mol. The summed E-state index contributed by atoms with van der Waals surface area (Å²) in [6.45, 7) is 7.30. The van der Waals surface area contributed by atoms with Crippen LogP contribution in [0.25, 0.3) is 0 Å². The molecule has 1 aliphatic rings. The monoisotopic (exact) mass is 266 g/mol. The topological polar surface area (TPSA) is 35.5 Å². The predicted molar refractivity (Wildman–Crippen MR) is 75.4 cm³/mol. The van der Waals surface area contributed by atoms with E-state index in [1.165, 1.54) is 0 Å². The lowest BCUT2D eigenvalue weighted by molar-refractivity contribution is 0.157. The molecule has 0 unspecified atom stereocenters. The minimum absolute atomic E-state index is 0.116. The molecule has 0 radical (unpaired) electrons. The molecule has 1 fully saturated rings. The molecule has 1 atom stereocenters.